The minimum absolute atomic E-state index is 0.00853. The Kier molecular flexibility index (Phi) is 3.07. The maximum atomic E-state index is 11.3. The van der Waals surface area contributed by atoms with E-state index in [1.165, 1.54) is 6.92 Å². The molecule has 1 aliphatic heterocycles. The first-order valence-corrected chi connectivity index (χ1v) is 5.51. The second-order valence-electron chi connectivity index (χ2n) is 3.46. The predicted molar refractivity (Wildman–Crippen MR) is 59.4 cm³/mol. The van der Waals surface area contributed by atoms with Crippen molar-refractivity contribution in [2.24, 2.45) is 0 Å². The summed E-state index contributed by atoms with van der Waals surface area (Å²) in [6, 6.07) is 5.39. The maximum absolute atomic E-state index is 11.3. The highest BCUT2D eigenvalue weighted by Crippen LogP contribution is 2.25. The van der Waals surface area contributed by atoms with Crippen LogP contribution in [0.5, 0.6) is 5.75 Å². The number of hydrogen-bond donors (Lipinski definition) is 0. The van der Waals surface area contributed by atoms with Crippen molar-refractivity contribution in [3.05, 3.63) is 28.2 Å². The number of hydrogen-bond acceptors (Lipinski definition) is 3. The second-order valence-corrected chi connectivity index (χ2v) is 4.38. The van der Waals surface area contributed by atoms with Crippen molar-refractivity contribution in [2.45, 2.75) is 13.0 Å². The quantitative estimate of drug-likeness (QED) is 0.623. The normalized spacial score (nSPS) is 18.7. The van der Waals surface area contributed by atoms with Gasteiger partial charge in [-0.2, -0.15) is 0 Å². The van der Waals surface area contributed by atoms with Crippen molar-refractivity contribution in [1.82, 2.24) is 0 Å². The van der Waals surface area contributed by atoms with E-state index in [-0.39, 0.29) is 11.9 Å². The first-order chi connectivity index (χ1) is 7.16. The summed E-state index contributed by atoms with van der Waals surface area (Å²) in [5.74, 6) is 0.626. The molecule has 1 saturated heterocycles. The van der Waals surface area contributed by atoms with E-state index in [1.54, 1.807) is 12.1 Å². The monoisotopic (exact) mass is 270 g/mol. The molecule has 1 aromatic carbocycles. The number of epoxide rings is 1. The van der Waals surface area contributed by atoms with Gasteiger partial charge in [-0.1, -0.05) is 15.9 Å². The van der Waals surface area contributed by atoms with Crippen LogP contribution in [0, 0.1) is 0 Å². The van der Waals surface area contributed by atoms with Crippen LogP contribution in [0.15, 0.2) is 22.7 Å². The number of carbonyl (C=O) groups excluding carboxylic acids is 1. The fraction of sp³-hybridized carbons (Fsp3) is 0.364. The maximum Gasteiger partial charge on any atom is 0.163 e. The van der Waals surface area contributed by atoms with E-state index in [0.29, 0.717) is 17.9 Å². The third-order valence-corrected chi connectivity index (χ3v) is 2.64. The highest BCUT2D eigenvalue weighted by atomic mass is 79.9. The predicted octanol–water partition coefficient (Wildman–Crippen LogP) is 2.43. The van der Waals surface area contributed by atoms with E-state index in [1.807, 2.05) is 6.07 Å². The SMILES string of the molecule is CC(=O)c1ccc(Br)cc1OCC1CO1. The Bertz CT molecular complexity index is 385. The molecular formula is C11H11BrO3. The number of ketones is 1. The highest BCUT2D eigenvalue weighted by molar-refractivity contribution is 9.10. The van der Waals surface area contributed by atoms with Gasteiger partial charge in [-0.25, -0.2) is 0 Å². The summed E-state index contributed by atoms with van der Waals surface area (Å²) in [6.45, 7) is 2.80. The van der Waals surface area contributed by atoms with Gasteiger partial charge in [0.25, 0.3) is 0 Å². The average molecular weight is 271 g/mol. The van der Waals surface area contributed by atoms with Crippen LogP contribution in [0.25, 0.3) is 0 Å². The molecular weight excluding hydrogens is 260 g/mol. The number of carbonyl (C=O) groups is 1. The summed E-state index contributed by atoms with van der Waals surface area (Å²) in [5, 5.41) is 0. The first kappa shape index (κ1) is 10.6. The van der Waals surface area contributed by atoms with Gasteiger partial charge >= 0.3 is 0 Å². The highest BCUT2D eigenvalue weighted by Gasteiger charge is 2.23. The van der Waals surface area contributed by atoms with Gasteiger partial charge in [0.1, 0.15) is 18.5 Å². The molecule has 1 fully saturated rings. The number of benzene rings is 1. The molecule has 3 nitrogen and oxygen atoms in total. The first-order valence-electron chi connectivity index (χ1n) is 4.71. The molecule has 0 radical (unpaired) electrons. The van der Waals surface area contributed by atoms with Crippen LogP contribution in [0.2, 0.25) is 0 Å². The van der Waals surface area contributed by atoms with Gasteiger partial charge in [0.15, 0.2) is 5.78 Å². The van der Waals surface area contributed by atoms with Gasteiger partial charge in [-0.15, -0.1) is 0 Å². The Morgan fingerprint density at radius 2 is 2.40 bits per heavy atom. The minimum Gasteiger partial charge on any atom is -0.490 e. The van der Waals surface area contributed by atoms with Crippen molar-refractivity contribution < 1.29 is 14.3 Å². The Morgan fingerprint density at radius 1 is 1.67 bits per heavy atom. The summed E-state index contributed by atoms with van der Waals surface area (Å²) in [7, 11) is 0. The smallest absolute Gasteiger partial charge is 0.163 e. The molecule has 4 heteroatoms. The van der Waals surface area contributed by atoms with Crippen molar-refractivity contribution >= 4 is 21.7 Å². The van der Waals surface area contributed by atoms with E-state index >= 15 is 0 Å². The largest absolute Gasteiger partial charge is 0.490 e. The van der Waals surface area contributed by atoms with Crippen molar-refractivity contribution in [3.63, 3.8) is 0 Å². The number of halogens is 1. The molecule has 1 atom stereocenters. The lowest BCUT2D eigenvalue weighted by atomic mass is 10.1. The zero-order valence-corrected chi connectivity index (χ0v) is 9.91. The molecule has 0 amide bonds. The molecule has 2 rings (SSSR count). The van der Waals surface area contributed by atoms with E-state index < -0.39 is 0 Å². The minimum atomic E-state index is 0.00853. The molecule has 0 spiro atoms. The van der Waals surface area contributed by atoms with Gasteiger partial charge < -0.3 is 9.47 Å². The molecule has 0 bridgehead atoms. The van der Waals surface area contributed by atoms with Crippen LogP contribution in [0.3, 0.4) is 0 Å². The Balaban J connectivity index is 2.16. The van der Waals surface area contributed by atoms with Crippen molar-refractivity contribution in [3.8, 4) is 5.75 Å². The topological polar surface area (TPSA) is 38.8 Å². The van der Waals surface area contributed by atoms with E-state index in [0.717, 1.165) is 11.1 Å². The Morgan fingerprint density at radius 3 is 3.00 bits per heavy atom. The molecule has 1 unspecified atom stereocenters. The Hall–Kier alpha value is -0.870. The summed E-state index contributed by atoms with van der Waals surface area (Å²) in [5.41, 5.74) is 0.610. The van der Waals surface area contributed by atoms with Gasteiger partial charge in [0.2, 0.25) is 0 Å². The number of Topliss-reactive ketones (excluding diaryl/α,β-unsaturated/α-hetero) is 1. The molecule has 1 heterocycles. The number of rotatable bonds is 4. The standard InChI is InChI=1S/C11H11BrO3/c1-7(13)10-3-2-8(12)4-11(10)15-6-9-5-14-9/h2-4,9H,5-6H2,1H3. The van der Waals surface area contributed by atoms with Crippen molar-refractivity contribution in [1.29, 1.82) is 0 Å². The molecule has 0 N–H and O–H groups in total. The lowest BCUT2D eigenvalue weighted by Crippen LogP contribution is -2.07. The van der Waals surface area contributed by atoms with Crippen LogP contribution in [-0.2, 0) is 4.74 Å². The average Bonchev–Trinajstić information content (AvgIpc) is 2.97. The van der Waals surface area contributed by atoms with Crippen LogP contribution < -0.4 is 4.74 Å². The zero-order valence-electron chi connectivity index (χ0n) is 8.33. The fourth-order valence-electron chi connectivity index (χ4n) is 1.25. The molecule has 15 heavy (non-hydrogen) atoms. The third kappa shape index (κ3) is 2.79. The van der Waals surface area contributed by atoms with Gasteiger partial charge in [0, 0.05) is 4.47 Å². The Labute approximate surface area is 96.5 Å². The third-order valence-electron chi connectivity index (χ3n) is 2.15. The molecule has 0 aliphatic carbocycles. The molecule has 0 aromatic heterocycles. The lowest BCUT2D eigenvalue weighted by Gasteiger charge is -2.08. The van der Waals surface area contributed by atoms with Crippen LogP contribution in [0.4, 0.5) is 0 Å². The van der Waals surface area contributed by atoms with Gasteiger partial charge in [-0.3, -0.25) is 4.79 Å². The fourth-order valence-corrected chi connectivity index (χ4v) is 1.59. The van der Waals surface area contributed by atoms with Crippen molar-refractivity contribution in [2.75, 3.05) is 13.2 Å². The lowest BCUT2D eigenvalue weighted by molar-refractivity contribution is 0.101. The van der Waals surface area contributed by atoms with Crippen LogP contribution >= 0.6 is 15.9 Å². The van der Waals surface area contributed by atoms with Crippen LogP contribution in [-0.4, -0.2) is 25.1 Å². The molecule has 80 valence electrons. The molecule has 1 aliphatic rings. The van der Waals surface area contributed by atoms with Crippen LogP contribution in [0.1, 0.15) is 17.3 Å². The van der Waals surface area contributed by atoms with E-state index in [2.05, 4.69) is 15.9 Å². The van der Waals surface area contributed by atoms with Gasteiger partial charge in [-0.05, 0) is 25.1 Å². The van der Waals surface area contributed by atoms with E-state index in [9.17, 15) is 4.79 Å². The summed E-state index contributed by atoms with van der Waals surface area (Å²) < 4.78 is 11.5. The summed E-state index contributed by atoms with van der Waals surface area (Å²) >= 11 is 3.35. The zero-order chi connectivity index (χ0) is 10.8. The second kappa shape index (κ2) is 4.33. The van der Waals surface area contributed by atoms with E-state index in [4.69, 9.17) is 9.47 Å². The molecule has 1 aromatic rings. The summed E-state index contributed by atoms with van der Waals surface area (Å²) in [4.78, 5) is 11.3. The summed E-state index contributed by atoms with van der Waals surface area (Å²) in [6.07, 6.45) is 0.198. The number of ether oxygens (including phenoxy) is 2. The molecule has 0 saturated carbocycles. The van der Waals surface area contributed by atoms with Gasteiger partial charge in [0.05, 0.1) is 12.2 Å².